The van der Waals surface area contributed by atoms with E-state index in [-0.39, 0.29) is 0 Å². The van der Waals surface area contributed by atoms with E-state index in [1.54, 1.807) is 14.2 Å². The molecule has 0 saturated heterocycles. The average molecular weight is 268 g/mol. The van der Waals surface area contributed by atoms with Gasteiger partial charge in [-0.15, -0.1) is 0 Å². The molecule has 0 spiro atoms. The molecule has 0 atom stereocenters. The van der Waals surface area contributed by atoms with Gasteiger partial charge < -0.3 is 19.4 Å². The van der Waals surface area contributed by atoms with E-state index in [2.05, 4.69) is 16.0 Å². The standard InChI is InChI=1S/C16H16N2O2/c1-19-15-10-16(20-2)12(14-6-4-8-18-14)9-11(15)13-5-3-7-17-13/h3-10,17-18H,1-2H3. The fraction of sp³-hybridized carbons (Fsp3) is 0.125. The van der Waals surface area contributed by atoms with Gasteiger partial charge in [-0.3, -0.25) is 0 Å². The SMILES string of the molecule is COc1cc(OC)c(-c2ccc[nH]2)cc1-c1ccc[nH]1. The lowest BCUT2D eigenvalue weighted by Gasteiger charge is -2.13. The number of methoxy groups -OCH3 is 2. The second-order valence-corrected chi connectivity index (χ2v) is 4.42. The molecule has 2 aromatic heterocycles. The molecule has 0 bridgehead atoms. The van der Waals surface area contributed by atoms with E-state index in [1.807, 2.05) is 42.7 Å². The van der Waals surface area contributed by atoms with Gasteiger partial charge in [-0.1, -0.05) is 0 Å². The van der Waals surface area contributed by atoms with Crippen LogP contribution in [0.3, 0.4) is 0 Å². The van der Waals surface area contributed by atoms with Crippen molar-refractivity contribution in [2.75, 3.05) is 14.2 Å². The van der Waals surface area contributed by atoms with Crippen LogP contribution >= 0.6 is 0 Å². The minimum Gasteiger partial charge on any atom is -0.496 e. The van der Waals surface area contributed by atoms with Crippen molar-refractivity contribution in [3.63, 3.8) is 0 Å². The normalized spacial score (nSPS) is 10.5. The van der Waals surface area contributed by atoms with Crippen LogP contribution in [-0.4, -0.2) is 24.2 Å². The summed E-state index contributed by atoms with van der Waals surface area (Å²) in [7, 11) is 3.32. The monoisotopic (exact) mass is 268 g/mol. The van der Waals surface area contributed by atoms with Gasteiger partial charge in [-0.2, -0.15) is 0 Å². The number of aromatic amines is 2. The van der Waals surface area contributed by atoms with Crippen molar-refractivity contribution < 1.29 is 9.47 Å². The van der Waals surface area contributed by atoms with Crippen molar-refractivity contribution in [1.29, 1.82) is 0 Å². The number of hydrogen-bond acceptors (Lipinski definition) is 2. The zero-order valence-electron chi connectivity index (χ0n) is 11.4. The summed E-state index contributed by atoms with van der Waals surface area (Å²) in [6, 6.07) is 11.9. The first-order valence-electron chi connectivity index (χ1n) is 6.37. The molecule has 0 saturated carbocycles. The van der Waals surface area contributed by atoms with Crippen LogP contribution in [0.1, 0.15) is 0 Å². The van der Waals surface area contributed by atoms with Crippen molar-refractivity contribution in [2.24, 2.45) is 0 Å². The maximum atomic E-state index is 5.47. The van der Waals surface area contributed by atoms with Gasteiger partial charge in [-0.25, -0.2) is 0 Å². The van der Waals surface area contributed by atoms with Gasteiger partial charge in [-0.05, 0) is 30.3 Å². The molecule has 0 aliphatic heterocycles. The smallest absolute Gasteiger partial charge is 0.131 e. The second kappa shape index (κ2) is 5.17. The molecule has 1 aromatic carbocycles. The molecule has 0 fully saturated rings. The Bertz CT molecular complexity index is 628. The molecule has 0 aliphatic carbocycles. The molecule has 0 amide bonds. The Morgan fingerprint density at radius 2 is 1.25 bits per heavy atom. The van der Waals surface area contributed by atoms with Crippen molar-refractivity contribution in [1.82, 2.24) is 9.97 Å². The first kappa shape index (κ1) is 12.4. The molecule has 102 valence electrons. The maximum absolute atomic E-state index is 5.47. The summed E-state index contributed by atoms with van der Waals surface area (Å²) >= 11 is 0. The molecular weight excluding hydrogens is 252 g/mol. The Labute approximate surface area is 117 Å². The van der Waals surface area contributed by atoms with Crippen LogP contribution in [0.2, 0.25) is 0 Å². The third-order valence-electron chi connectivity index (χ3n) is 3.30. The van der Waals surface area contributed by atoms with Crippen molar-refractivity contribution >= 4 is 0 Å². The minimum atomic E-state index is 0.777. The van der Waals surface area contributed by atoms with Gasteiger partial charge in [0.15, 0.2) is 0 Å². The van der Waals surface area contributed by atoms with Crippen LogP contribution in [0.4, 0.5) is 0 Å². The lowest BCUT2D eigenvalue weighted by molar-refractivity contribution is 0.396. The van der Waals surface area contributed by atoms with Gasteiger partial charge in [0.2, 0.25) is 0 Å². The molecule has 0 aliphatic rings. The van der Waals surface area contributed by atoms with Crippen LogP contribution in [0.15, 0.2) is 48.8 Å². The van der Waals surface area contributed by atoms with Crippen molar-refractivity contribution in [3.8, 4) is 34.0 Å². The molecule has 3 aromatic rings. The van der Waals surface area contributed by atoms with Crippen LogP contribution < -0.4 is 9.47 Å². The highest BCUT2D eigenvalue weighted by atomic mass is 16.5. The van der Waals surface area contributed by atoms with Gasteiger partial charge in [0.1, 0.15) is 11.5 Å². The number of rotatable bonds is 4. The summed E-state index contributed by atoms with van der Waals surface area (Å²) < 4.78 is 10.9. The predicted molar refractivity (Wildman–Crippen MR) is 79.1 cm³/mol. The zero-order valence-corrected chi connectivity index (χ0v) is 11.4. The first-order chi connectivity index (χ1) is 9.83. The Balaban J connectivity index is 2.22. The van der Waals surface area contributed by atoms with Crippen LogP contribution in [0, 0.1) is 0 Å². The van der Waals surface area contributed by atoms with E-state index < -0.39 is 0 Å². The number of aromatic nitrogens is 2. The Hall–Kier alpha value is -2.62. The number of H-pyrrole nitrogens is 2. The lowest BCUT2D eigenvalue weighted by Crippen LogP contribution is -1.94. The fourth-order valence-electron chi connectivity index (χ4n) is 2.32. The topological polar surface area (TPSA) is 50.0 Å². The highest BCUT2D eigenvalue weighted by molar-refractivity contribution is 5.79. The highest BCUT2D eigenvalue weighted by Gasteiger charge is 2.14. The molecule has 0 radical (unpaired) electrons. The summed E-state index contributed by atoms with van der Waals surface area (Å²) in [4.78, 5) is 6.41. The Morgan fingerprint density at radius 3 is 1.60 bits per heavy atom. The molecule has 4 nitrogen and oxygen atoms in total. The first-order valence-corrected chi connectivity index (χ1v) is 6.37. The van der Waals surface area contributed by atoms with Crippen molar-refractivity contribution in [2.45, 2.75) is 0 Å². The molecule has 2 heterocycles. The molecule has 0 unspecified atom stereocenters. The average Bonchev–Trinajstić information content (AvgIpc) is 3.18. The third-order valence-corrected chi connectivity index (χ3v) is 3.30. The van der Waals surface area contributed by atoms with Gasteiger partial charge >= 0.3 is 0 Å². The van der Waals surface area contributed by atoms with Crippen LogP contribution in [0.25, 0.3) is 22.5 Å². The number of benzene rings is 1. The maximum Gasteiger partial charge on any atom is 0.131 e. The van der Waals surface area contributed by atoms with E-state index in [0.29, 0.717) is 0 Å². The van der Waals surface area contributed by atoms with E-state index in [1.165, 1.54) is 0 Å². The second-order valence-electron chi connectivity index (χ2n) is 4.42. The molecule has 4 heteroatoms. The van der Waals surface area contributed by atoms with E-state index >= 15 is 0 Å². The Kier molecular flexibility index (Phi) is 3.21. The van der Waals surface area contributed by atoms with E-state index in [9.17, 15) is 0 Å². The predicted octanol–water partition coefficient (Wildman–Crippen LogP) is 3.69. The van der Waals surface area contributed by atoms with E-state index in [4.69, 9.17) is 9.47 Å². The quantitative estimate of drug-likeness (QED) is 0.758. The fourth-order valence-corrected chi connectivity index (χ4v) is 2.32. The number of ether oxygens (including phenoxy) is 2. The van der Waals surface area contributed by atoms with Gasteiger partial charge in [0, 0.05) is 41.0 Å². The van der Waals surface area contributed by atoms with Gasteiger partial charge in [0.25, 0.3) is 0 Å². The summed E-state index contributed by atoms with van der Waals surface area (Å²) in [6.07, 6.45) is 3.79. The molecular formula is C16H16N2O2. The van der Waals surface area contributed by atoms with Gasteiger partial charge in [0.05, 0.1) is 14.2 Å². The Morgan fingerprint density at radius 1 is 0.750 bits per heavy atom. The summed E-state index contributed by atoms with van der Waals surface area (Å²) in [5.41, 5.74) is 4.03. The van der Waals surface area contributed by atoms with Crippen molar-refractivity contribution in [3.05, 3.63) is 48.8 Å². The van der Waals surface area contributed by atoms with Crippen LogP contribution in [0.5, 0.6) is 11.5 Å². The summed E-state index contributed by atoms with van der Waals surface area (Å²) in [5.74, 6) is 1.55. The summed E-state index contributed by atoms with van der Waals surface area (Å²) in [5, 5.41) is 0. The molecule has 2 N–H and O–H groups in total. The summed E-state index contributed by atoms with van der Waals surface area (Å²) in [6.45, 7) is 0. The highest BCUT2D eigenvalue weighted by Crippen LogP contribution is 2.39. The third kappa shape index (κ3) is 2.05. The minimum absolute atomic E-state index is 0.777. The molecule has 20 heavy (non-hydrogen) atoms. The number of hydrogen-bond donors (Lipinski definition) is 2. The number of nitrogens with one attached hydrogen (secondary N) is 2. The van der Waals surface area contributed by atoms with E-state index in [0.717, 1.165) is 34.0 Å². The lowest BCUT2D eigenvalue weighted by atomic mass is 10.0. The largest absolute Gasteiger partial charge is 0.496 e. The molecule has 3 rings (SSSR count). The van der Waals surface area contributed by atoms with Crippen LogP contribution in [-0.2, 0) is 0 Å². The zero-order chi connectivity index (χ0) is 13.9.